The molecule has 0 fully saturated rings. The zero-order chi connectivity index (χ0) is 20.1. The quantitative estimate of drug-likeness (QED) is 0.805. The lowest BCUT2D eigenvalue weighted by Crippen LogP contribution is -2.27. The number of nitriles is 1. The van der Waals surface area contributed by atoms with E-state index in [1.165, 1.54) is 0 Å². The van der Waals surface area contributed by atoms with Crippen molar-refractivity contribution in [2.45, 2.75) is 46.1 Å². The maximum Gasteiger partial charge on any atom is 0.291 e. The third kappa shape index (κ3) is 4.39. The molecule has 7 nitrogen and oxygen atoms in total. The number of amides is 2. The number of fused-ring (bicyclic) bond motifs is 1. The van der Waals surface area contributed by atoms with Gasteiger partial charge in [0, 0.05) is 18.8 Å². The molecular formula is C21H25N5O2. The second kappa shape index (κ2) is 8.70. The fraction of sp³-hybridized carbons (Fsp3) is 0.429. The third-order valence-electron chi connectivity index (χ3n) is 4.79. The van der Waals surface area contributed by atoms with Gasteiger partial charge >= 0.3 is 0 Å². The minimum atomic E-state index is -0.375. The Morgan fingerprint density at radius 2 is 2.11 bits per heavy atom. The molecule has 1 aromatic carbocycles. The van der Waals surface area contributed by atoms with Crippen molar-refractivity contribution in [3.8, 4) is 6.07 Å². The van der Waals surface area contributed by atoms with E-state index in [0.29, 0.717) is 36.0 Å². The molecule has 1 aliphatic rings. The molecule has 2 amide bonds. The average molecular weight is 379 g/mol. The van der Waals surface area contributed by atoms with Gasteiger partial charge in [0.05, 0.1) is 17.3 Å². The van der Waals surface area contributed by atoms with E-state index in [1.807, 2.05) is 4.57 Å². The predicted molar refractivity (Wildman–Crippen MR) is 106 cm³/mol. The average Bonchev–Trinajstić information content (AvgIpc) is 3.08. The van der Waals surface area contributed by atoms with E-state index in [-0.39, 0.29) is 17.6 Å². The zero-order valence-electron chi connectivity index (χ0n) is 16.3. The molecule has 0 radical (unpaired) electrons. The minimum Gasteiger partial charge on any atom is -0.351 e. The van der Waals surface area contributed by atoms with E-state index in [9.17, 15) is 9.59 Å². The number of carbonyl (C=O) groups excluding carboxylic acids is 2. The number of anilines is 1. The summed E-state index contributed by atoms with van der Waals surface area (Å²) >= 11 is 0. The number of hydrogen-bond donors (Lipinski definition) is 2. The van der Waals surface area contributed by atoms with Crippen molar-refractivity contribution in [3.05, 3.63) is 47.0 Å². The number of carbonyl (C=O) groups is 2. The van der Waals surface area contributed by atoms with Crippen molar-refractivity contribution in [1.82, 2.24) is 14.9 Å². The second-order valence-electron chi connectivity index (χ2n) is 7.42. The van der Waals surface area contributed by atoms with Crippen LogP contribution in [-0.4, -0.2) is 27.9 Å². The maximum atomic E-state index is 12.8. The van der Waals surface area contributed by atoms with Gasteiger partial charge in [-0.05, 0) is 49.8 Å². The number of aromatic nitrogens is 2. The number of rotatable bonds is 6. The van der Waals surface area contributed by atoms with Crippen LogP contribution in [0.4, 0.5) is 5.69 Å². The van der Waals surface area contributed by atoms with Gasteiger partial charge in [0.2, 0.25) is 0 Å². The zero-order valence-corrected chi connectivity index (χ0v) is 16.3. The highest BCUT2D eigenvalue weighted by Crippen LogP contribution is 2.22. The first-order valence-electron chi connectivity index (χ1n) is 9.68. The van der Waals surface area contributed by atoms with Crippen LogP contribution in [-0.2, 0) is 13.0 Å². The highest BCUT2D eigenvalue weighted by atomic mass is 16.2. The minimum absolute atomic E-state index is 0.225. The topological polar surface area (TPSA) is 99.8 Å². The van der Waals surface area contributed by atoms with E-state index in [0.717, 1.165) is 31.4 Å². The molecule has 0 bridgehead atoms. The molecule has 2 heterocycles. The largest absolute Gasteiger partial charge is 0.351 e. The molecule has 2 aromatic rings. The Morgan fingerprint density at radius 3 is 2.86 bits per heavy atom. The summed E-state index contributed by atoms with van der Waals surface area (Å²) in [7, 11) is 0. The molecule has 0 atom stereocenters. The molecule has 1 aromatic heterocycles. The van der Waals surface area contributed by atoms with E-state index in [4.69, 9.17) is 5.26 Å². The summed E-state index contributed by atoms with van der Waals surface area (Å²) in [5, 5.41) is 14.7. The van der Waals surface area contributed by atoms with Gasteiger partial charge in [-0.1, -0.05) is 19.9 Å². The van der Waals surface area contributed by atoms with Crippen molar-refractivity contribution in [2.24, 2.45) is 5.92 Å². The second-order valence-corrected chi connectivity index (χ2v) is 7.42. The number of hydrogen-bond acceptors (Lipinski definition) is 4. The van der Waals surface area contributed by atoms with Crippen LogP contribution in [0, 0.1) is 17.2 Å². The van der Waals surface area contributed by atoms with E-state index >= 15 is 0 Å². The van der Waals surface area contributed by atoms with Crippen LogP contribution in [0.15, 0.2) is 24.3 Å². The summed E-state index contributed by atoms with van der Waals surface area (Å²) in [6.45, 7) is 5.47. The molecule has 7 heteroatoms. The molecule has 2 N–H and O–H groups in total. The summed E-state index contributed by atoms with van der Waals surface area (Å²) in [5.41, 5.74) is 2.16. The highest BCUT2D eigenvalue weighted by Gasteiger charge is 2.27. The highest BCUT2D eigenvalue weighted by molar-refractivity contribution is 6.03. The van der Waals surface area contributed by atoms with Crippen LogP contribution in [0.2, 0.25) is 0 Å². The molecule has 3 rings (SSSR count). The van der Waals surface area contributed by atoms with E-state index < -0.39 is 0 Å². The fourth-order valence-electron chi connectivity index (χ4n) is 3.31. The van der Waals surface area contributed by atoms with Gasteiger partial charge in [-0.2, -0.15) is 5.26 Å². The Kier molecular flexibility index (Phi) is 6.09. The summed E-state index contributed by atoms with van der Waals surface area (Å²) in [6.07, 6.45) is 3.55. The van der Waals surface area contributed by atoms with E-state index in [1.54, 1.807) is 24.3 Å². The lowest BCUT2D eigenvalue weighted by Gasteiger charge is -2.17. The molecule has 0 unspecified atom stereocenters. The van der Waals surface area contributed by atoms with Gasteiger partial charge in [-0.15, -0.1) is 0 Å². The third-order valence-corrected chi connectivity index (χ3v) is 4.79. The van der Waals surface area contributed by atoms with Crippen molar-refractivity contribution in [1.29, 1.82) is 5.26 Å². The van der Waals surface area contributed by atoms with Gasteiger partial charge in [0.25, 0.3) is 11.8 Å². The van der Waals surface area contributed by atoms with Crippen molar-refractivity contribution in [2.75, 3.05) is 11.9 Å². The summed E-state index contributed by atoms with van der Waals surface area (Å²) in [4.78, 5) is 29.8. The van der Waals surface area contributed by atoms with Gasteiger partial charge in [-0.25, -0.2) is 4.98 Å². The number of imidazole rings is 1. The fourth-order valence-corrected chi connectivity index (χ4v) is 3.31. The van der Waals surface area contributed by atoms with Crippen LogP contribution in [0.25, 0.3) is 0 Å². The van der Waals surface area contributed by atoms with Crippen LogP contribution >= 0.6 is 0 Å². The molecular weight excluding hydrogens is 354 g/mol. The van der Waals surface area contributed by atoms with Gasteiger partial charge in [0.1, 0.15) is 5.69 Å². The Bertz CT molecular complexity index is 923. The molecule has 146 valence electrons. The number of benzene rings is 1. The predicted octanol–water partition coefficient (Wildman–Crippen LogP) is 3.12. The van der Waals surface area contributed by atoms with Crippen molar-refractivity contribution in [3.63, 3.8) is 0 Å². The Labute approximate surface area is 164 Å². The molecule has 0 saturated carbocycles. The number of nitrogens with zero attached hydrogens (tertiary/aromatic N) is 3. The number of nitrogens with one attached hydrogen (secondary N) is 2. The summed E-state index contributed by atoms with van der Waals surface area (Å²) in [6, 6.07) is 8.77. The van der Waals surface area contributed by atoms with Crippen LogP contribution in [0.3, 0.4) is 0 Å². The Balaban J connectivity index is 1.82. The lowest BCUT2D eigenvalue weighted by molar-refractivity contribution is 0.0946. The SMILES string of the molecule is CC(C)CCNC(=O)c1nc(C(=O)Nc2cccc(C#N)c2)n2c1CCCC2. The maximum absolute atomic E-state index is 12.8. The normalized spacial score (nSPS) is 12.9. The first-order chi connectivity index (χ1) is 13.5. The molecule has 1 aliphatic heterocycles. The van der Waals surface area contributed by atoms with Crippen LogP contribution in [0.5, 0.6) is 0 Å². The van der Waals surface area contributed by atoms with Crippen molar-refractivity contribution < 1.29 is 9.59 Å². The van der Waals surface area contributed by atoms with Crippen LogP contribution in [0.1, 0.15) is 65.5 Å². The van der Waals surface area contributed by atoms with Gasteiger partial charge in [0.15, 0.2) is 5.82 Å². The first kappa shape index (κ1) is 19.6. The van der Waals surface area contributed by atoms with Crippen molar-refractivity contribution >= 4 is 17.5 Å². The molecule has 0 spiro atoms. The summed E-state index contributed by atoms with van der Waals surface area (Å²) in [5.74, 6) is 0.143. The van der Waals surface area contributed by atoms with Crippen LogP contribution < -0.4 is 10.6 Å². The first-order valence-corrected chi connectivity index (χ1v) is 9.68. The molecule has 0 saturated heterocycles. The van der Waals surface area contributed by atoms with Gasteiger partial charge in [-0.3, -0.25) is 9.59 Å². The van der Waals surface area contributed by atoms with E-state index in [2.05, 4.69) is 35.5 Å². The Hall–Kier alpha value is -3.14. The monoisotopic (exact) mass is 379 g/mol. The Morgan fingerprint density at radius 1 is 1.29 bits per heavy atom. The smallest absolute Gasteiger partial charge is 0.291 e. The van der Waals surface area contributed by atoms with Gasteiger partial charge < -0.3 is 15.2 Å². The molecule has 28 heavy (non-hydrogen) atoms. The summed E-state index contributed by atoms with van der Waals surface area (Å²) < 4.78 is 1.85. The molecule has 0 aliphatic carbocycles. The standard InChI is InChI=1S/C21H25N5O2/c1-14(2)9-10-23-20(27)18-17-8-3-4-11-26(17)19(25-18)21(28)24-16-7-5-6-15(12-16)13-22/h5-7,12,14H,3-4,8-11H2,1-2H3,(H,23,27)(H,24,28). The lowest BCUT2D eigenvalue weighted by atomic mass is 10.1.